The fourth-order valence-corrected chi connectivity index (χ4v) is 3.09. The van der Waals surface area contributed by atoms with Crippen molar-refractivity contribution in [3.05, 3.63) is 64.2 Å². The molecule has 10 heteroatoms. The zero-order valence-electron chi connectivity index (χ0n) is 14.9. The van der Waals surface area contributed by atoms with Crippen LogP contribution in [0.1, 0.15) is 41.9 Å². The molecule has 2 heterocycles. The molecule has 0 spiro atoms. The molecule has 0 saturated heterocycles. The largest absolute Gasteiger partial charge is 0.476 e. The number of carboxylic acids is 1. The smallest absolute Gasteiger partial charge is 0.356 e. The summed E-state index contributed by atoms with van der Waals surface area (Å²) in [5.74, 6) is -2.48. The Morgan fingerprint density at radius 2 is 1.71 bits per heavy atom. The van der Waals surface area contributed by atoms with E-state index in [9.17, 15) is 14.4 Å². The molecule has 0 aliphatic rings. The van der Waals surface area contributed by atoms with Gasteiger partial charge in [-0.15, -0.1) is 11.3 Å². The molecule has 0 unspecified atom stereocenters. The van der Waals surface area contributed by atoms with Crippen LogP contribution in [0.15, 0.2) is 36.7 Å². The van der Waals surface area contributed by atoms with Crippen LogP contribution >= 0.6 is 11.3 Å². The number of rotatable bonds is 5. The summed E-state index contributed by atoms with van der Waals surface area (Å²) in [7, 11) is 0. The second-order valence-corrected chi connectivity index (χ2v) is 6.91. The highest BCUT2D eigenvalue weighted by Crippen LogP contribution is 2.22. The maximum atomic E-state index is 12.4. The highest BCUT2D eigenvalue weighted by atomic mass is 32.1. The summed E-state index contributed by atoms with van der Waals surface area (Å²) < 4.78 is 0. The van der Waals surface area contributed by atoms with E-state index in [4.69, 9.17) is 5.11 Å². The number of nitrogens with zero attached hydrogens (tertiary/aromatic N) is 3. The van der Waals surface area contributed by atoms with Crippen LogP contribution in [0.4, 0.5) is 10.8 Å². The molecule has 1 aromatic carbocycles. The molecule has 0 fully saturated rings. The number of aromatic carboxylic acids is 1. The predicted octanol–water partition coefficient (Wildman–Crippen LogP) is 2.75. The van der Waals surface area contributed by atoms with Crippen molar-refractivity contribution in [1.29, 1.82) is 0 Å². The Balaban J connectivity index is 1.77. The van der Waals surface area contributed by atoms with Gasteiger partial charge in [-0.05, 0) is 32.0 Å². The molecule has 28 heavy (non-hydrogen) atoms. The number of amides is 2. The van der Waals surface area contributed by atoms with Crippen molar-refractivity contribution in [2.45, 2.75) is 13.8 Å². The molecular formula is C18H15N5O4S. The van der Waals surface area contributed by atoms with Crippen molar-refractivity contribution < 1.29 is 19.5 Å². The van der Waals surface area contributed by atoms with Gasteiger partial charge in [0, 0.05) is 28.5 Å². The molecule has 3 N–H and O–H groups in total. The first-order valence-electron chi connectivity index (χ1n) is 8.06. The standard InChI is InChI=1S/C18H15N5O4S/c1-9-10(2)28-18(21-9)23-15(24)11-4-3-5-12(8-11)22-16(25)13-14(17(26)27)20-7-6-19-13/h3-8H,1-2H3,(H,22,25)(H,26,27)(H,21,23,24). The molecule has 2 aromatic heterocycles. The van der Waals surface area contributed by atoms with Gasteiger partial charge in [0.05, 0.1) is 5.69 Å². The summed E-state index contributed by atoms with van der Waals surface area (Å²) in [6, 6.07) is 6.22. The van der Waals surface area contributed by atoms with E-state index in [0.717, 1.165) is 10.6 Å². The van der Waals surface area contributed by atoms with Crippen LogP contribution in [0.3, 0.4) is 0 Å². The van der Waals surface area contributed by atoms with E-state index < -0.39 is 17.6 Å². The SMILES string of the molecule is Cc1nc(NC(=O)c2cccc(NC(=O)c3nccnc3C(=O)O)c2)sc1C. The van der Waals surface area contributed by atoms with Gasteiger partial charge in [0.2, 0.25) is 0 Å². The van der Waals surface area contributed by atoms with Crippen LogP contribution in [0.2, 0.25) is 0 Å². The number of carbonyl (C=O) groups is 3. The Kier molecular flexibility index (Phi) is 5.41. The number of carbonyl (C=O) groups excluding carboxylic acids is 2. The molecule has 2 amide bonds. The summed E-state index contributed by atoms with van der Waals surface area (Å²) in [6.45, 7) is 3.77. The summed E-state index contributed by atoms with van der Waals surface area (Å²) in [6.07, 6.45) is 2.41. The number of nitrogens with one attached hydrogen (secondary N) is 2. The van der Waals surface area contributed by atoms with Crippen LogP contribution in [-0.2, 0) is 0 Å². The highest BCUT2D eigenvalue weighted by molar-refractivity contribution is 7.15. The lowest BCUT2D eigenvalue weighted by atomic mass is 10.2. The number of aryl methyl sites for hydroxylation is 2. The van der Waals surface area contributed by atoms with E-state index in [2.05, 4.69) is 25.6 Å². The van der Waals surface area contributed by atoms with Crippen LogP contribution in [0.5, 0.6) is 0 Å². The zero-order chi connectivity index (χ0) is 20.3. The third-order valence-electron chi connectivity index (χ3n) is 3.75. The molecule has 0 aliphatic heterocycles. The third-order valence-corrected chi connectivity index (χ3v) is 4.74. The monoisotopic (exact) mass is 397 g/mol. The van der Waals surface area contributed by atoms with E-state index in [1.807, 2.05) is 13.8 Å². The van der Waals surface area contributed by atoms with Crippen molar-refractivity contribution in [3.63, 3.8) is 0 Å². The average Bonchev–Trinajstić information content (AvgIpc) is 2.99. The summed E-state index contributed by atoms with van der Waals surface area (Å²) in [5, 5.41) is 14.8. The van der Waals surface area contributed by atoms with Crippen LogP contribution < -0.4 is 10.6 Å². The highest BCUT2D eigenvalue weighted by Gasteiger charge is 2.20. The third kappa shape index (κ3) is 4.18. The molecule has 0 bridgehead atoms. The number of benzene rings is 1. The van der Waals surface area contributed by atoms with Gasteiger partial charge in [-0.1, -0.05) is 6.07 Å². The number of carboxylic acid groups (broad SMARTS) is 1. The molecular weight excluding hydrogens is 382 g/mol. The summed E-state index contributed by atoms with van der Waals surface area (Å²) in [5.41, 5.74) is 0.688. The van der Waals surface area contributed by atoms with Crippen molar-refractivity contribution in [2.24, 2.45) is 0 Å². The fraction of sp³-hybridized carbons (Fsp3) is 0.111. The number of aromatic nitrogens is 3. The van der Waals surface area contributed by atoms with Gasteiger partial charge in [-0.2, -0.15) is 0 Å². The van der Waals surface area contributed by atoms with E-state index >= 15 is 0 Å². The van der Waals surface area contributed by atoms with Crippen molar-refractivity contribution >= 4 is 39.9 Å². The van der Waals surface area contributed by atoms with Gasteiger partial charge >= 0.3 is 5.97 Å². The van der Waals surface area contributed by atoms with Crippen molar-refractivity contribution in [2.75, 3.05) is 10.6 Å². The van der Waals surface area contributed by atoms with Crippen molar-refractivity contribution in [3.8, 4) is 0 Å². The maximum Gasteiger partial charge on any atom is 0.356 e. The lowest BCUT2D eigenvalue weighted by Crippen LogP contribution is -2.20. The van der Waals surface area contributed by atoms with Gasteiger partial charge in [0.15, 0.2) is 16.5 Å². The number of anilines is 2. The predicted molar refractivity (Wildman–Crippen MR) is 103 cm³/mol. The first kappa shape index (κ1) is 19.1. The molecule has 0 aliphatic carbocycles. The topological polar surface area (TPSA) is 134 Å². The second kappa shape index (κ2) is 7.92. The lowest BCUT2D eigenvalue weighted by molar-refractivity contribution is 0.0684. The minimum atomic E-state index is -1.36. The Bertz CT molecular complexity index is 1060. The summed E-state index contributed by atoms with van der Waals surface area (Å²) in [4.78, 5) is 48.7. The Labute approximate surface area is 163 Å². The molecule has 3 aromatic rings. The first-order valence-corrected chi connectivity index (χ1v) is 8.88. The zero-order valence-corrected chi connectivity index (χ0v) is 15.7. The van der Waals surface area contributed by atoms with Gasteiger partial charge in [-0.25, -0.2) is 19.7 Å². The van der Waals surface area contributed by atoms with Crippen LogP contribution in [-0.4, -0.2) is 37.8 Å². The quantitative estimate of drug-likeness (QED) is 0.602. The van der Waals surface area contributed by atoms with Gasteiger partial charge in [-0.3, -0.25) is 14.9 Å². The molecule has 9 nitrogen and oxygen atoms in total. The van der Waals surface area contributed by atoms with E-state index in [-0.39, 0.29) is 11.6 Å². The maximum absolute atomic E-state index is 12.4. The fourth-order valence-electron chi connectivity index (χ4n) is 2.28. The molecule has 0 radical (unpaired) electrons. The van der Waals surface area contributed by atoms with Crippen LogP contribution in [0, 0.1) is 13.8 Å². The first-order chi connectivity index (χ1) is 13.3. The molecule has 142 valence electrons. The van der Waals surface area contributed by atoms with Gasteiger partial charge in [0.25, 0.3) is 11.8 Å². The molecule has 0 atom stereocenters. The number of thiazole rings is 1. The van der Waals surface area contributed by atoms with E-state index in [1.54, 1.807) is 18.2 Å². The minimum Gasteiger partial charge on any atom is -0.476 e. The Morgan fingerprint density at radius 1 is 1.00 bits per heavy atom. The Morgan fingerprint density at radius 3 is 2.36 bits per heavy atom. The van der Waals surface area contributed by atoms with Crippen LogP contribution in [0.25, 0.3) is 0 Å². The minimum absolute atomic E-state index is 0.306. The number of hydrogen-bond donors (Lipinski definition) is 3. The number of hydrogen-bond acceptors (Lipinski definition) is 7. The summed E-state index contributed by atoms with van der Waals surface area (Å²) >= 11 is 1.37. The lowest BCUT2D eigenvalue weighted by Gasteiger charge is -2.08. The molecule has 0 saturated carbocycles. The van der Waals surface area contributed by atoms with Gasteiger partial charge in [0.1, 0.15) is 0 Å². The van der Waals surface area contributed by atoms with Gasteiger partial charge < -0.3 is 10.4 Å². The van der Waals surface area contributed by atoms with Crippen molar-refractivity contribution in [1.82, 2.24) is 15.0 Å². The second-order valence-electron chi connectivity index (χ2n) is 5.71. The van der Waals surface area contributed by atoms with E-state index in [1.165, 1.54) is 29.8 Å². The normalized spacial score (nSPS) is 10.4. The molecule has 3 rings (SSSR count). The van der Waals surface area contributed by atoms with E-state index in [0.29, 0.717) is 16.4 Å². The average molecular weight is 397 g/mol. The Hall–Kier alpha value is -3.66.